The highest BCUT2D eigenvalue weighted by Crippen LogP contribution is 2.18. The number of hydrogen-bond acceptors (Lipinski definition) is 6. The van der Waals surface area contributed by atoms with Gasteiger partial charge in [-0.2, -0.15) is 0 Å². The number of allylic oxidation sites excluding steroid dienone is 12. The van der Waals surface area contributed by atoms with E-state index in [4.69, 9.17) is 14.2 Å². The number of carbonyl (C=O) groups is 3. The average Bonchev–Trinajstić information content (AvgIpc) is 3.46. The van der Waals surface area contributed by atoms with Gasteiger partial charge in [-0.3, -0.25) is 14.4 Å². The first kappa shape index (κ1) is 76.9. The molecule has 6 heteroatoms. The van der Waals surface area contributed by atoms with E-state index in [1.807, 2.05) is 0 Å². The Morgan fingerprint density at radius 1 is 0.263 bits per heavy atom. The minimum atomic E-state index is -0.777. The highest BCUT2D eigenvalue weighted by molar-refractivity contribution is 5.71. The standard InChI is InChI=1S/C74H132O6/c1-4-7-10-13-16-19-22-24-26-28-30-32-34-35-36-37-38-39-40-42-43-45-47-49-52-55-58-61-64-67-73(76)79-70-71(69-78-72(75)66-63-60-57-54-51-21-18-15-12-9-6-3)80-74(77)68-65-62-59-56-53-50-48-46-44-41-33-31-29-27-25-23-20-17-14-11-8-5-2/h7,10,15-16,18-19,24,26,30,32,35-36,71H,4-6,8-9,11-14,17,20-23,25,27-29,31,33-34,37-70H2,1-3H3/b10-7-,18-15-,19-16-,26-24-,32-30-,36-35-. The van der Waals surface area contributed by atoms with Crippen molar-refractivity contribution in [3.8, 4) is 0 Å². The van der Waals surface area contributed by atoms with Crippen molar-refractivity contribution in [2.75, 3.05) is 13.2 Å². The molecule has 0 aliphatic heterocycles. The molecule has 0 N–H and O–H groups in total. The highest BCUT2D eigenvalue weighted by Gasteiger charge is 2.19. The number of ether oxygens (including phenoxy) is 3. The summed E-state index contributed by atoms with van der Waals surface area (Å²) in [5.41, 5.74) is 0. The Morgan fingerprint density at radius 2 is 0.500 bits per heavy atom. The van der Waals surface area contributed by atoms with Gasteiger partial charge in [0.25, 0.3) is 0 Å². The number of esters is 3. The topological polar surface area (TPSA) is 78.9 Å². The van der Waals surface area contributed by atoms with Crippen molar-refractivity contribution in [2.24, 2.45) is 0 Å². The maximum absolute atomic E-state index is 12.9. The van der Waals surface area contributed by atoms with Gasteiger partial charge in [0.15, 0.2) is 6.10 Å². The summed E-state index contributed by atoms with van der Waals surface area (Å²) in [4.78, 5) is 38.4. The molecule has 0 saturated heterocycles. The van der Waals surface area contributed by atoms with E-state index in [1.54, 1.807) is 0 Å². The first-order valence-corrected chi connectivity index (χ1v) is 34.9. The largest absolute Gasteiger partial charge is 0.462 e. The summed E-state index contributed by atoms with van der Waals surface area (Å²) in [6.07, 6.45) is 89.4. The van der Waals surface area contributed by atoms with Crippen molar-refractivity contribution in [2.45, 2.75) is 367 Å². The Bertz CT molecular complexity index is 1470. The normalized spacial score (nSPS) is 12.5. The first-order valence-electron chi connectivity index (χ1n) is 34.9. The van der Waals surface area contributed by atoms with Gasteiger partial charge in [-0.05, 0) is 83.5 Å². The Balaban J connectivity index is 4.19. The fourth-order valence-electron chi connectivity index (χ4n) is 10.2. The van der Waals surface area contributed by atoms with E-state index < -0.39 is 6.10 Å². The Labute approximate surface area is 497 Å². The molecule has 0 fully saturated rings. The molecule has 0 saturated carbocycles. The molecule has 0 spiro atoms. The van der Waals surface area contributed by atoms with Crippen LogP contribution in [0.15, 0.2) is 72.9 Å². The second-order valence-corrected chi connectivity index (χ2v) is 23.4. The molecule has 0 bridgehead atoms. The second-order valence-electron chi connectivity index (χ2n) is 23.4. The van der Waals surface area contributed by atoms with Gasteiger partial charge in [0.2, 0.25) is 0 Å². The van der Waals surface area contributed by atoms with Crippen molar-refractivity contribution >= 4 is 17.9 Å². The van der Waals surface area contributed by atoms with Crippen LogP contribution in [-0.2, 0) is 28.6 Å². The Kier molecular flexibility index (Phi) is 65.7. The van der Waals surface area contributed by atoms with E-state index in [-0.39, 0.29) is 31.1 Å². The predicted octanol–water partition coefficient (Wildman–Crippen LogP) is 24.1. The zero-order valence-electron chi connectivity index (χ0n) is 53.3. The van der Waals surface area contributed by atoms with Crippen molar-refractivity contribution in [1.29, 1.82) is 0 Å². The molecule has 0 aromatic heterocycles. The maximum atomic E-state index is 12.9. The van der Waals surface area contributed by atoms with Crippen molar-refractivity contribution in [3.05, 3.63) is 72.9 Å². The van der Waals surface area contributed by atoms with Gasteiger partial charge >= 0.3 is 17.9 Å². The molecule has 6 nitrogen and oxygen atoms in total. The van der Waals surface area contributed by atoms with Crippen molar-refractivity contribution < 1.29 is 28.6 Å². The molecule has 0 rings (SSSR count). The molecular formula is C74H132O6. The predicted molar refractivity (Wildman–Crippen MR) is 348 cm³/mol. The summed E-state index contributed by atoms with van der Waals surface area (Å²) in [6.45, 7) is 6.54. The number of unbranched alkanes of at least 4 members (excludes halogenated alkanes) is 41. The van der Waals surface area contributed by atoms with Crippen LogP contribution in [0.1, 0.15) is 361 Å². The first-order chi connectivity index (χ1) is 39.5. The molecule has 0 amide bonds. The lowest BCUT2D eigenvalue weighted by molar-refractivity contribution is -0.167. The number of hydrogen-bond donors (Lipinski definition) is 0. The van der Waals surface area contributed by atoms with Crippen LogP contribution in [0, 0.1) is 0 Å². The highest BCUT2D eigenvalue weighted by atomic mass is 16.6. The molecule has 0 aliphatic carbocycles. The van der Waals surface area contributed by atoms with Crippen LogP contribution in [0.2, 0.25) is 0 Å². The van der Waals surface area contributed by atoms with E-state index in [1.165, 1.54) is 225 Å². The molecule has 0 aromatic rings. The molecule has 0 heterocycles. The molecule has 80 heavy (non-hydrogen) atoms. The van der Waals surface area contributed by atoms with Crippen LogP contribution in [0.3, 0.4) is 0 Å². The van der Waals surface area contributed by atoms with Gasteiger partial charge in [0.1, 0.15) is 13.2 Å². The second kappa shape index (κ2) is 68.3. The Hall–Kier alpha value is -3.15. The van der Waals surface area contributed by atoms with Crippen molar-refractivity contribution in [1.82, 2.24) is 0 Å². The van der Waals surface area contributed by atoms with Crippen LogP contribution < -0.4 is 0 Å². The molecular weight excluding hydrogens is 985 g/mol. The minimum absolute atomic E-state index is 0.0742. The van der Waals surface area contributed by atoms with Gasteiger partial charge in [0.05, 0.1) is 0 Å². The number of rotatable bonds is 64. The van der Waals surface area contributed by atoms with Gasteiger partial charge in [-0.15, -0.1) is 0 Å². The molecule has 0 aliphatic rings. The summed E-state index contributed by atoms with van der Waals surface area (Å²) in [5.74, 6) is -0.864. The lowest BCUT2D eigenvalue weighted by atomic mass is 10.0. The lowest BCUT2D eigenvalue weighted by Crippen LogP contribution is -2.30. The fourth-order valence-corrected chi connectivity index (χ4v) is 10.2. The van der Waals surface area contributed by atoms with Gasteiger partial charge < -0.3 is 14.2 Å². The van der Waals surface area contributed by atoms with Crippen LogP contribution in [0.25, 0.3) is 0 Å². The Morgan fingerprint density at radius 3 is 0.812 bits per heavy atom. The molecule has 1 atom stereocenters. The van der Waals surface area contributed by atoms with Crippen LogP contribution in [0.4, 0.5) is 0 Å². The number of carbonyl (C=O) groups excluding carboxylic acids is 3. The van der Waals surface area contributed by atoms with E-state index in [0.717, 1.165) is 96.3 Å². The average molecular weight is 1120 g/mol. The zero-order valence-corrected chi connectivity index (χ0v) is 53.3. The van der Waals surface area contributed by atoms with Crippen molar-refractivity contribution in [3.63, 3.8) is 0 Å². The van der Waals surface area contributed by atoms with Crippen LogP contribution >= 0.6 is 0 Å². The summed E-state index contributed by atoms with van der Waals surface area (Å²) in [6, 6.07) is 0. The zero-order chi connectivity index (χ0) is 57.8. The summed E-state index contributed by atoms with van der Waals surface area (Å²) in [5, 5.41) is 0. The third-order valence-electron chi connectivity index (χ3n) is 15.4. The monoisotopic (exact) mass is 1120 g/mol. The lowest BCUT2D eigenvalue weighted by Gasteiger charge is -2.18. The minimum Gasteiger partial charge on any atom is -0.462 e. The summed E-state index contributed by atoms with van der Waals surface area (Å²) >= 11 is 0. The fraction of sp³-hybridized carbons (Fsp3) is 0.797. The van der Waals surface area contributed by atoms with E-state index >= 15 is 0 Å². The van der Waals surface area contributed by atoms with Crippen LogP contribution in [-0.4, -0.2) is 37.2 Å². The molecule has 0 radical (unpaired) electrons. The molecule has 464 valence electrons. The SMILES string of the molecule is CC/C=C\C/C=C\C/C=C\C/C=C\C/C=C\CCCCCCCCCCCCCCCC(=O)OCC(COC(=O)CCCCCCC/C=C\CCCC)OC(=O)CCCCCCCCCCCCCCCCCCCCCCCC. The third kappa shape index (κ3) is 65.7. The smallest absolute Gasteiger partial charge is 0.306 e. The molecule has 0 aromatic carbocycles. The summed E-state index contributed by atoms with van der Waals surface area (Å²) < 4.78 is 17.0. The maximum Gasteiger partial charge on any atom is 0.306 e. The third-order valence-corrected chi connectivity index (χ3v) is 15.4. The van der Waals surface area contributed by atoms with Gasteiger partial charge in [-0.25, -0.2) is 0 Å². The van der Waals surface area contributed by atoms with E-state index in [2.05, 4.69) is 93.7 Å². The molecule has 1 unspecified atom stereocenters. The van der Waals surface area contributed by atoms with Gasteiger partial charge in [-0.1, -0.05) is 331 Å². The van der Waals surface area contributed by atoms with E-state index in [0.29, 0.717) is 19.3 Å². The van der Waals surface area contributed by atoms with Crippen LogP contribution in [0.5, 0.6) is 0 Å². The quantitative estimate of drug-likeness (QED) is 0.0261. The summed E-state index contributed by atoms with van der Waals surface area (Å²) in [7, 11) is 0. The van der Waals surface area contributed by atoms with Gasteiger partial charge in [0, 0.05) is 19.3 Å². The van der Waals surface area contributed by atoms with E-state index in [9.17, 15) is 14.4 Å².